The lowest BCUT2D eigenvalue weighted by atomic mass is 10.1. The molecule has 0 aliphatic rings. The highest BCUT2D eigenvalue weighted by Crippen LogP contribution is 2.27. The molecule has 5 rings (SSSR count). The zero-order valence-electron chi connectivity index (χ0n) is 21.3. The van der Waals surface area contributed by atoms with Gasteiger partial charge in [-0.05, 0) is 54.1 Å². The Balaban J connectivity index is 1.11. The molecular weight excluding hydrogens is 522 g/mol. The number of aromatic nitrogens is 1. The van der Waals surface area contributed by atoms with E-state index in [-0.39, 0.29) is 18.4 Å². The number of hydrogen-bond donors (Lipinski definition) is 3. The van der Waals surface area contributed by atoms with Crippen LogP contribution in [0.5, 0.6) is 5.75 Å². The first-order valence-electron chi connectivity index (χ1n) is 12.4. The molecule has 198 valence electrons. The standard InChI is InChI=1S/C31H25N5O3S/c37-29(33-25-9-3-1-4-10-25)20-39-27-13-7-8-22(18-27)19-32-36-30(38)24-16-14-23(15-17-24)28-21-40-31(35-28)34-26-11-5-2-6-12-26/h1-19,21H,20H2,(H,33,37)(H,34,35)(H,36,38)/b32-19+. The summed E-state index contributed by atoms with van der Waals surface area (Å²) in [5, 5.41) is 12.9. The van der Waals surface area contributed by atoms with Gasteiger partial charge in [-0.15, -0.1) is 11.3 Å². The van der Waals surface area contributed by atoms with Gasteiger partial charge in [-0.25, -0.2) is 10.4 Å². The van der Waals surface area contributed by atoms with Crippen molar-refractivity contribution in [2.24, 2.45) is 5.10 Å². The van der Waals surface area contributed by atoms with Crippen LogP contribution in [0.1, 0.15) is 15.9 Å². The largest absolute Gasteiger partial charge is 0.484 e. The second-order valence-corrected chi connectivity index (χ2v) is 9.44. The van der Waals surface area contributed by atoms with Crippen molar-refractivity contribution in [3.63, 3.8) is 0 Å². The van der Waals surface area contributed by atoms with Gasteiger partial charge in [-0.3, -0.25) is 9.59 Å². The van der Waals surface area contributed by atoms with Gasteiger partial charge in [0.15, 0.2) is 11.7 Å². The van der Waals surface area contributed by atoms with Gasteiger partial charge in [0.05, 0.1) is 11.9 Å². The maximum Gasteiger partial charge on any atom is 0.271 e. The van der Waals surface area contributed by atoms with Gasteiger partial charge in [0.2, 0.25) is 0 Å². The Labute approximate surface area is 235 Å². The molecule has 0 saturated carbocycles. The molecule has 0 atom stereocenters. The Kier molecular flexibility index (Phi) is 8.55. The number of nitrogens with zero attached hydrogens (tertiary/aromatic N) is 2. The molecule has 9 heteroatoms. The summed E-state index contributed by atoms with van der Waals surface area (Å²) in [4.78, 5) is 29.3. The topological polar surface area (TPSA) is 105 Å². The normalized spacial score (nSPS) is 10.7. The number of thiazole rings is 1. The van der Waals surface area contributed by atoms with Crippen LogP contribution in [0.15, 0.2) is 120 Å². The number of hydrogen-bond acceptors (Lipinski definition) is 7. The molecule has 5 aromatic rings. The maximum absolute atomic E-state index is 12.6. The maximum atomic E-state index is 12.6. The monoisotopic (exact) mass is 547 g/mol. The third-order valence-electron chi connectivity index (χ3n) is 5.64. The van der Waals surface area contributed by atoms with E-state index < -0.39 is 0 Å². The number of benzene rings is 4. The molecule has 0 radical (unpaired) electrons. The molecule has 4 aromatic carbocycles. The van der Waals surface area contributed by atoms with Gasteiger partial charge in [-0.2, -0.15) is 5.10 Å². The van der Waals surface area contributed by atoms with E-state index in [1.165, 1.54) is 17.6 Å². The number of carbonyl (C=O) groups is 2. The number of amides is 2. The summed E-state index contributed by atoms with van der Waals surface area (Å²) in [6.45, 7) is -0.131. The third kappa shape index (κ3) is 7.40. The minimum atomic E-state index is -0.336. The average Bonchev–Trinajstić information content (AvgIpc) is 3.46. The summed E-state index contributed by atoms with van der Waals surface area (Å²) < 4.78 is 5.59. The van der Waals surface area contributed by atoms with Crippen molar-refractivity contribution in [1.29, 1.82) is 0 Å². The predicted molar refractivity (Wildman–Crippen MR) is 159 cm³/mol. The van der Waals surface area contributed by atoms with Crippen LogP contribution in [0.2, 0.25) is 0 Å². The van der Waals surface area contributed by atoms with Crippen molar-refractivity contribution in [2.45, 2.75) is 0 Å². The molecule has 3 N–H and O–H groups in total. The lowest BCUT2D eigenvalue weighted by molar-refractivity contribution is -0.118. The summed E-state index contributed by atoms with van der Waals surface area (Å²) in [6, 6.07) is 33.3. The van der Waals surface area contributed by atoms with Crippen LogP contribution < -0.4 is 20.8 Å². The van der Waals surface area contributed by atoms with E-state index in [1.807, 2.05) is 72.1 Å². The zero-order valence-corrected chi connectivity index (χ0v) is 22.1. The molecule has 0 bridgehead atoms. The first kappa shape index (κ1) is 26.3. The molecule has 8 nitrogen and oxygen atoms in total. The molecular formula is C31H25N5O3S. The lowest BCUT2D eigenvalue weighted by Gasteiger charge is -2.08. The Morgan fingerprint density at radius 1 is 0.850 bits per heavy atom. The van der Waals surface area contributed by atoms with Crippen molar-refractivity contribution in [2.75, 3.05) is 17.2 Å². The number of para-hydroxylation sites is 2. The van der Waals surface area contributed by atoms with E-state index in [0.29, 0.717) is 22.6 Å². The van der Waals surface area contributed by atoms with Crippen molar-refractivity contribution in [1.82, 2.24) is 10.4 Å². The minimum Gasteiger partial charge on any atom is -0.484 e. The number of ether oxygens (including phenoxy) is 1. The molecule has 0 spiro atoms. The van der Waals surface area contributed by atoms with Crippen LogP contribution in [-0.2, 0) is 4.79 Å². The Bertz CT molecular complexity index is 1600. The van der Waals surface area contributed by atoms with Gasteiger partial charge >= 0.3 is 0 Å². The van der Waals surface area contributed by atoms with E-state index in [9.17, 15) is 9.59 Å². The number of carbonyl (C=O) groups excluding carboxylic acids is 2. The summed E-state index contributed by atoms with van der Waals surface area (Å²) >= 11 is 1.51. The SMILES string of the molecule is O=C(COc1cccc(/C=N/NC(=O)c2ccc(-c3csc(Nc4ccccc4)n3)cc2)c1)Nc1ccccc1. The van der Waals surface area contributed by atoms with Gasteiger partial charge in [0.25, 0.3) is 11.8 Å². The summed E-state index contributed by atoms with van der Waals surface area (Å²) in [5.41, 5.74) is 7.13. The minimum absolute atomic E-state index is 0.131. The van der Waals surface area contributed by atoms with Crippen LogP contribution in [0.4, 0.5) is 16.5 Å². The smallest absolute Gasteiger partial charge is 0.271 e. The first-order chi connectivity index (χ1) is 19.6. The number of rotatable bonds is 10. The number of hydrazone groups is 1. The number of anilines is 3. The van der Waals surface area contributed by atoms with E-state index in [1.54, 1.807) is 42.5 Å². The van der Waals surface area contributed by atoms with Crippen LogP contribution in [-0.4, -0.2) is 29.6 Å². The Morgan fingerprint density at radius 2 is 1.57 bits per heavy atom. The van der Waals surface area contributed by atoms with Crippen molar-refractivity contribution < 1.29 is 14.3 Å². The van der Waals surface area contributed by atoms with Crippen LogP contribution in [0, 0.1) is 0 Å². The van der Waals surface area contributed by atoms with E-state index in [4.69, 9.17) is 4.74 Å². The highest BCUT2D eigenvalue weighted by molar-refractivity contribution is 7.14. The summed E-state index contributed by atoms with van der Waals surface area (Å²) in [6.07, 6.45) is 1.51. The number of nitrogens with one attached hydrogen (secondary N) is 3. The molecule has 40 heavy (non-hydrogen) atoms. The molecule has 1 aromatic heterocycles. The highest BCUT2D eigenvalue weighted by Gasteiger charge is 2.08. The second kappa shape index (κ2) is 13.0. The van der Waals surface area contributed by atoms with Crippen molar-refractivity contribution in [3.05, 3.63) is 126 Å². The molecule has 0 unspecified atom stereocenters. The summed E-state index contributed by atoms with van der Waals surface area (Å²) in [5.74, 6) is -0.0848. The van der Waals surface area contributed by atoms with Crippen molar-refractivity contribution in [3.8, 4) is 17.0 Å². The van der Waals surface area contributed by atoms with Gasteiger partial charge in [0, 0.05) is 27.9 Å². The van der Waals surface area contributed by atoms with Crippen LogP contribution in [0.3, 0.4) is 0 Å². The van der Waals surface area contributed by atoms with Gasteiger partial charge in [0.1, 0.15) is 5.75 Å². The summed E-state index contributed by atoms with van der Waals surface area (Å²) in [7, 11) is 0. The zero-order chi connectivity index (χ0) is 27.6. The highest BCUT2D eigenvalue weighted by atomic mass is 32.1. The molecule has 0 saturated heterocycles. The third-order valence-corrected chi connectivity index (χ3v) is 6.40. The molecule has 1 heterocycles. The Morgan fingerprint density at radius 3 is 2.33 bits per heavy atom. The van der Waals surface area contributed by atoms with Gasteiger partial charge in [-0.1, -0.05) is 60.7 Å². The first-order valence-corrected chi connectivity index (χ1v) is 13.3. The predicted octanol–water partition coefficient (Wildman–Crippen LogP) is 6.34. The fraction of sp³-hybridized carbons (Fsp3) is 0.0323. The van der Waals surface area contributed by atoms with Crippen LogP contribution in [0.25, 0.3) is 11.3 Å². The molecule has 2 amide bonds. The quantitative estimate of drug-likeness (QED) is 0.140. The average molecular weight is 548 g/mol. The fourth-order valence-corrected chi connectivity index (χ4v) is 4.42. The van der Waals surface area contributed by atoms with E-state index >= 15 is 0 Å². The molecule has 0 aliphatic carbocycles. The van der Waals surface area contributed by atoms with E-state index in [2.05, 4.69) is 26.1 Å². The van der Waals surface area contributed by atoms with Crippen LogP contribution >= 0.6 is 11.3 Å². The molecule has 0 aliphatic heterocycles. The lowest BCUT2D eigenvalue weighted by Crippen LogP contribution is -2.20. The van der Waals surface area contributed by atoms with Gasteiger partial charge < -0.3 is 15.4 Å². The second-order valence-electron chi connectivity index (χ2n) is 8.58. The fourth-order valence-electron chi connectivity index (χ4n) is 3.68. The Hall–Kier alpha value is -5.28. The van der Waals surface area contributed by atoms with E-state index in [0.717, 1.165) is 22.1 Å². The molecule has 0 fully saturated rings. The van der Waals surface area contributed by atoms with Crippen molar-refractivity contribution >= 4 is 45.9 Å².